The number of hydrogen-bond acceptors (Lipinski definition) is 3. The van der Waals surface area contributed by atoms with Crippen molar-refractivity contribution in [2.24, 2.45) is 11.3 Å². The molecule has 0 radical (unpaired) electrons. The van der Waals surface area contributed by atoms with Crippen molar-refractivity contribution in [2.45, 2.75) is 45.8 Å². The molecular formula is C25H31ClN2O3. The Kier molecular flexibility index (Phi) is 6.77. The van der Waals surface area contributed by atoms with Crippen LogP contribution in [0.2, 0.25) is 5.02 Å². The molecule has 2 aromatic carbocycles. The summed E-state index contributed by atoms with van der Waals surface area (Å²) in [4.78, 5) is 27.5. The lowest BCUT2D eigenvalue weighted by Crippen LogP contribution is -2.58. The highest BCUT2D eigenvalue weighted by Gasteiger charge is 2.50. The number of hydrogen-bond donors (Lipinski definition) is 2. The maximum Gasteiger partial charge on any atom is 0.251 e. The molecule has 1 saturated heterocycles. The Morgan fingerprint density at radius 2 is 1.68 bits per heavy atom. The van der Waals surface area contributed by atoms with Gasteiger partial charge in [-0.2, -0.15) is 0 Å². The highest BCUT2D eigenvalue weighted by Crippen LogP contribution is 2.46. The highest BCUT2D eigenvalue weighted by molar-refractivity contribution is 6.30. The molecule has 2 N–H and O–H groups in total. The van der Waals surface area contributed by atoms with Crippen LogP contribution < -0.4 is 5.32 Å². The first kappa shape index (κ1) is 23.3. The Bertz CT molecular complexity index is 930. The number of carbonyl (C=O) groups excluding carboxylic acids is 2. The van der Waals surface area contributed by atoms with Gasteiger partial charge in [0.05, 0.1) is 11.5 Å². The minimum atomic E-state index is -1.05. The highest BCUT2D eigenvalue weighted by atomic mass is 35.5. The van der Waals surface area contributed by atoms with Gasteiger partial charge in [-0.25, -0.2) is 0 Å². The van der Waals surface area contributed by atoms with E-state index in [1.165, 1.54) is 0 Å². The monoisotopic (exact) mass is 442 g/mol. The second-order valence-corrected chi connectivity index (χ2v) is 9.61. The van der Waals surface area contributed by atoms with E-state index in [1.807, 2.05) is 58.0 Å². The second-order valence-electron chi connectivity index (χ2n) is 9.18. The number of nitrogens with one attached hydrogen (secondary N) is 1. The van der Waals surface area contributed by atoms with Crippen molar-refractivity contribution in [3.8, 4) is 0 Å². The van der Waals surface area contributed by atoms with Crippen LogP contribution in [0.3, 0.4) is 0 Å². The minimum Gasteiger partial charge on any atom is -0.384 e. The van der Waals surface area contributed by atoms with E-state index in [0.29, 0.717) is 30.1 Å². The van der Waals surface area contributed by atoms with Gasteiger partial charge in [-0.1, -0.05) is 62.7 Å². The summed E-state index contributed by atoms with van der Waals surface area (Å²) in [5.74, 6) is -0.596. The summed E-state index contributed by atoms with van der Waals surface area (Å²) in [5.41, 5.74) is -0.220. The molecule has 3 unspecified atom stereocenters. The molecule has 2 amide bonds. The van der Waals surface area contributed by atoms with Gasteiger partial charge in [0.1, 0.15) is 0 Å². The third-order valence-corrected chi connectivity index (χ3v) is 6.87. The normalized spacial score (nSPS) is 22.5. The van der Waals surface area contributed by atoms with E-state index < -0.39 is 11.0 Å². The molecule has 2 aromatic rings. The van der Waals surface area contributed by atoms with Crippen LogP contribution in [0.15, 0.2) is 54.6 Å². The summed E-state index contributed by atoms with van der Waals surface area (Å²) in [7, 11) is 0. The smallest absolute Gasteiger partial charge is 0.251 e. The number of nitrogens with zero attached hydrogens (tertiary/aromatic N) is 1. The third kappa shape index (κ3) is 4.78. The summed E-state index contributed by atoms with van der Waals surface area (Å²) in [6.45, 7) is 8.52. The lowest BCUT2D eigenvalue weighted by molar-refractivity contribution is -0.156. The number of benzene rings is 2. The largest absolute Gasteiger partial charge is 0.384 e. The van der Waals surface area contributed by atoms with Gasteiger partial charge in [0.2, 0.25) is 5.91 Å². The maximum absolute atomic E-state index is 13.2. The van der Waals surface area contributed by atoms with Crippen molar-refractivity contribution in [3.05, 3.63) is 70.7 Å². The van der Waals surface area contributed by atoms with E-state index in [1.54, 1.807) is 29.2 Å². The fourth-order valence-electron chi connectivity index (χ4n) is 4.28. The number of piperidine rings is 1. The van der Waals surface area contributed by atoms with Crippen molar-refractivity contribution in [2.75, 3.05) is 13.1 Å². The SMILES string of the molecule is CC(NC(=O)c1ccccc1)C(C)C(=O)N1CCC(O)(c2ccc(Cl)cc2)C(C)(C)C1. The Morgan fingerprint density at radius 1 is 1.06 bits per heavy atom. The Balaban J connectivity index is 1.67. The predicted molar refractivity (Wildman–Crippen MR) is 123 cm³/mol. The van der Waals surface area contributed by atoms with Crippen molar-refractivity contribution in [3.63, 3.8) is 0 Å². The van der Waals surface area contributed by atoms with Gasteiger partial charge in [0, 0.05) is 35.1 Å². The van der Waals surface area contributed by atoms with Crippen molar-refractivity contribution < 1.29 is 14.7 Å². The van der Waals surface area contributed by atoms with Crippen LogP contribution in [0, 0.1) is 11.3 Å². The molecule has 1 fully saturated rings. The molecule has 1 aliphatic heterocycles. The summed E-state index contributed by atoms with van der Waals surface area (Å²) >= 11 is 6.01. The molecular weight excluding hydrogens is 412 g/mol. The topological polar surface area (TPSA) is 69.6 Å². The number of aliphatic hydroxyl groups is 1. The molecule has 3 atom stereocenters. The van der Waals surface area contributed by atoms with Crippen LogP contribution in [-0.4, -0.2) is 41.0 Å². The third-order valence-electron chi connectivity index (χ3n) is 6.62. The van der Waals surface area contributed by atoms with Crippen LogP contribution in [0.5, 0.6) is 0 Å². The first-order valence-corrected chi connectivity index (χ1v) is 11.1. The van der Waals surface area contributed by atoms with Crippen LogP contribution in [0.1, 0.15) is 50.0 Å². The molecule has 0 spiro atoms. The maximum atomic E-state index is 13.2. The molecule has 0 saturated carbocycles. The first-order chi connectivity index (χ1) is 14.5. The fourth-order valence-corrected chi connectivity index (χ4v) is 4.40. The Hall–Kier alpha value is -2.37. The van der Waals surface area contributed by atoms with E-state index in [9.17, 15) is 14.7 Å². The quantitative estimate of drug-likeness (QED) is 0.727. The molecule has 6 heteroatoms. The lowest BCUT2D eigenvalue weighted by Gasteiger charge is -2.51. The molecule has 1 heterocycles. The van der Waals surface area contributed by atoms with Gasteiger partial charge in [-0.3, -0.25) is 9.59 Å². The van der Waals surface area contributed by atoms with Crippen molar-refractivity contribution in [1.29, 1.82) is 0 Å². The van der Waals surface area contributed by atoms with Crippen molar-refractivity contribution in [1.82, 2.24) is 10.2 Å². The van der Waals surface area contributed by atoms with E-state index in [0.717, 1.165) is 5.56 Å². The zero-order chi connectivity index (χ0) is 22.8. The van der Waals surface area contributed by atoms with Gasteiger partial charge >= 0.3 is 0 Å². The molecule has 5 nitrogen and oxygen atoms in total. The molecule has 3 rings (SSSR count). The summed E-state index contributed by atoms with van der Waals surface area (Å²) in [6, 6.07) is 15.9. The van der Waals surface area contributed by atoms with E-state index in [2.05, 4.69) is 5.32 Å². The summed E-state index contributed by atoms with van der Waals surface area (Å²) in [6.07, 6.45) is 0.435. The zero-order valence-corrected chi connectivity index (χ0v) is 19.3. The predicted octanol–water partition coefficient (Wildman–Crippen LogP) is 4.24. The van der Waals surface area contributed by atoms with Gasteiger partial charge < -0.3 is 15.3 Å². The van der Waals surface area contributed by atoms with Crippen LogP contribution in [-0.2, 0) is 10.4 Å². The standard InChI is InChI=1S/C25H31ClN2O3/c1-17(18(2)27-22(29)19-8-6-5-7-9-19)23(30)28-15-14-25(31,24(3,4)16-28)20-10-12-21(26)13-11-20/h5-13,17-18,31H,14-16H2,1-4H3,(H,27,29). The molecule has 0 bridgehead atoms. The van der Waals surface area contributed by atoms with Crippen molar-refractivity contribution >= 4 is 23.4 Å². The zero-order valence-electron chi connectivity index (χ0n) is 18.6. The number of likely N-dealkylation sites (tertiary alicyclic amines) is 1. The van der Waals surface area contributed by atoms with E-state index >= 15 is 0 Å². The van der Waals surface area contributed by atoms with Gasteiger partial charge in [0.25, 0.3) is 5.91 Å². The number of amides is 2. The van der Waals surface area contributed by atoms with Crippen LogP contribution in [0.4, 0.5) is 0 Å². The fraction of sp³-hybridized carbons (Fsp3) is 0.440. The Morgan fingerprint density at radius 3 is 2.26 bits per heavy atom. The summed E-state index contributed by atoms with van der Waals surface area (Å²) in [5, 5.41) is 15.1. The second kappa shape index (κ2) is 9.01. The first-order valence-electron chi connectivity index (χ1n) is 10.7. The molecule has 0 aromatic heterocycles. The Labute approximate surface area is 189 Å². The average Bonchev–Trinajstić information content (AvgIpc) is 2.75. The van der Waals surface area contributed by atoms with Gasteiger partial charge in [0.15, 0.2) is 0 Å². The molecule has 0 aliphatic carbocycles. The number of carbonyl (C=O) groups is 2. The van der Waals surface area contributed by atoms with E-state index in [-0.39, 0.29) is 23.8 Å². The number of rotatable bonds is 5. The average molecular weight is 443 g/mol. The van der Waals surface area contributed by atoms with E-state index in [4.69, 9.17) is 11.6 Å². The summed E-state index contributed by atoms with van der Waals surface area (Å²) < 4.78 is 0. The van der Waals surface area contributed by atoms with Gasteiger partial charge in [-0.05, 0) is 43.2 Å². The number of halogens is 1. The van der Waals surface area contributed by atoms with Crippen LogP contribution >= 0.6 is 11.6 Å². The molecule has 166 valence electrons. The lowest BCUT2D eigenvalue weighted by atomic mass is 9.66. The molecule has 1 aliphatic rings. The minimum absolute atomic E-state index is 0.0212. The van der Waals surface area contributed by atoms with Crippen LogP contribution in [0.25, 0.3) is 0 Å². The van der Waals surface area contributed by atoms with Gasteiger partial charge in [-0.15, -0.1) is 0 Å². The molecule has 31 heavy (non-hydrogen) atoms.